The first-order chi connectivity index (χ1) is 9.67. The van der Waals surface area contributed by atoms with Crippen LogP contribution >= 0.6 is 22.9 Å². The van der Waals surface area contributed by atoms with Gasteiger partial charge in [-0.05, 0) is 38.6 Å². The van der Waals surface area contributed by atoms with Gasteiger partial charge in [-0.15, -0.1) is 22.9 Å². The van der Waals surface area contributed by atoms with Crippen molar-refractivity contribution >= 4 is 33.0 Å². The van der Waals surface area contributed by atoms with Crippen LogP contribution in [0.4, 0.5) is 0 Å². The summed E-state index contributed by atoms with van der Waals surface area (Å²) in [6.45, 7) is 10.9. The summed E-state index contributed by atoms with van der Waals surface area (Å²) in [6.07, 6.45) is 0. The molecule has 0 atom stereocenters. The highest BCUT2D eigenvalue weighted by molar-refractivity contribution is 7.89. The minimum atomic E-state index is -3.43. The normalized spacial score (nSPS) is 19.1. The van der Waals surface area contributed by atoms with Gasteiger partial charge in [0.1, 0.15) is 4.90 Å². The van der Waals surface area contributed by atoms with Crippen LogP contribution in [0.5, 0.6) is 0 Å². The highest BCUT2D eigenvalue weighted by Gasteiger charge is 2.34. The van der Waals surface area contributed by atoms with E-state index in [1.54, 1.807) is 4.31 Å². The molecule has 0 radical (unpaired) electrons. The van der Waals surface area contributed by atoms with E-state index in [0.717, 1.165) is 23.5 Å². The summed E-state index contributed by atoms with van der Waals surface area (Å²) >= 11 is 7.32. The van der Waals surface area contributed by atoms with Gasteiger partial charge < -0.3 is 0 Å². The molecule has 1 aliphatic heterocycles. The molecule has 1 aromatic rings. The van der Waals surface area contributed by atoms with Crippen LogP contribution in [0.1, 0.15) is 31.2 Å². The number of hydrogen-bond donors (Lipinski definition) is 0. The molecule has 0 amide bonds. The van der Waals surface area contributed by atoms with Gasteiger partial charge in [-0.25, -0.2) is 8.42 Å². The largest absolute Gasteiger partial charge is 0.296 e. The summed E-state index contributed by atoms with van der Waals surface area (Å²) < 4.78 is 27.3. The number of aryl methyl sites for hydroxylation is 1. The molecule has 1 aliphatic rings. The van der Waals surface area contributed by atoms with E-state index in [1.807, 2.05) is 12.3 Å². The Bertz CT molecular complexity index is 597. The molecule has 2 heterocycles. The summed E-state index contributed by atoms with van der Waals surface area (Å²) in [6, 6.07) is 0. The third-order valence-corrected chi connectivity index (χ3v) is 7.68. The van der Waals surface area contributed by atoms with Crippen molar-refractivity contribution in [1.29, 1.82) is 0 Å². The van der Waals surface area contributed by atoms with Crippen LogP contribution in [0.2, 0.25) is 0 Å². The van der Waals surface area contributed by atoms with Gasteiger partial charge in [0.05, 0.1) is 5.88 Å². The third kappa shape index (κ3) is 3.45. The number of halogens is 1. The van der Waals surface area contributed by atoms with Crippen molar-refractivity contribution in [3.8, 4) is 0 Å². The van der Waals surface area contributed by atoms with E-state index in [9.17, 15) is 8.42 Å². The maximum atomic E-state index is 12.9. The molecule has 4 nitrogen and oxygen atoms in total. The minimum Gasteiger partial charge on any atom is -0.296 e. The van der Waals surface area contributed by atoms with E-state index in [2.05, 4.69) is 25.7 Å². The molecule has 7 heteroatoms. The molecule has 21 heavy (non-hydrogen) atoms. The minimum absolute atomic E-state index is 0.0788. The predicted octanol–water partition coefficient (Wildman–Crippen LogP) is 2.90. The molecule has 0 aliphatic carbocycles. The Labute approximate surface area is 136 Å². The maximum Gasteiger partial charge on any atom is 0.244 e. The lowest BCUT2D eigenvalue weighted by Crippen LogP contribution is -2.54. The lowest BCUT2D eigenvalue weighted by molar-refractivity contribution is 0.0921. The van der Waals surface area contributed by atoms with Gasteiger partial charge >= 0.3 is 0 Å². The van der Waals surface area contributed by atoms with Gasteiger partial charge in [0.15, 0.2) is 0 Å². The second-order valence-corrected chi connectivity index (χ2v) is 9.47. The second-order valence-electron chi connectivity index (χ2n) is 6.37. The molecule has 0 aromatic carbocycles. The molecule has 1 fully saturated rings. The van der Waals surface area contributed by atoms with Crippen molar-refractivity contribution in [2.24, 2.45) is 0 Å². The summed E-state index contributed by atoms with van der Waals surface area (Å²) in [5, 5.41) is 1.87. The number of rotatable bonds is 3. The lowest BCUT2D eigenvalue weighted by atomic mass is 10.1. The van der Waals surface area contributed by atoms with Crippen molar-refractivity contribution < 1.29 is 8.42 Å². The first-order valence-corrected chi connectivity index (χ1v) is 9.91. The fourth-order valence-corrected chi connectivity index (χ4v) is 6.09. The average molecular weight is 351 g/mol. The Hall–Kier alpha value is -0.140. The van der Waals surface area contributed by atoms with E-state index < -0.39 is 10.0 Å². The zero-order valence-electron chi connectivity index (χ0n) is 13.0. The Morgan fingerprint density at radius 1 is 1.24 bits per heavy atom. The molecule has 0 saturated carbocycles. The predicted molar refractivity (Wildman–Crippen MR) is 88.7 cm³/mol. The first kappa shape index (κ1) is 17.2. The second kappa shape index (κ2) is 6.16. The molecule has 0 unspecified atom stereocenters. The van der Waals surface area contributed by atoms with Crippen molar-refractivity contribution in [1.82, 2.24) is 9.21 Å². The Morgan fingerprint density at radius 3 is 2.29 bits per heavy atom. The van der Waals surface area contributed by atoms with Gasteiger partial charge in [-0.2, -0.15) is 4.31 Å². The third-order valence-electron chi connectivity index (χ3n) is 3.90. The quantitative estimate of drug-likeness (QED) is 0.787. The van der Waals surface area contributed by atoms with Crippen LogP contribution < -0.4 is 0 Å². The average Bonchev–Trinajstić information content (AvgIpc) is 2.79. The fourth-order valence-electron chi connectivity index (χ4n) is 2.65. The summed E-state index contributed by atoms with van der Waals surface area (Å²) in [5.41, 5.74) is 0.879. The van der Waals surface area contributed by atoms with Crippen molar-refractivity contribution in [3.05, 3.63) is 15.8 Å². The first-order valence-electron chi connectivity index (χ1n) is 7.06. The molecule has 0 bridgehead atoms. The molecule has 2 rings (SSSR count). The van der Waals surface area contributed by atoms with Crippen molar-refractivity contribution in [3.63, 3.8) is 0 Å². The maximum absolute atomic E-state index is 12.9. The van der Waals surface area contributed by atoms with Gasteiger partial charge in [0, 0.05) is 36.6 Å². The number of hydrogen-bond acceptors (Lipinski definition) is 4. The zero-order chi connectivity index (χ0) is 15.8. The van der Waals surface area contributed by atoms with Crippen LogP contribution in [0, 0.1) is 6.92 Å². The van der Waals surface area contributed by atoms with Crippen LogP contribution in [0.25, 0.3) is 0 Å². The Kier molecular flexibility index (Phi) is 5.05. The summed E-state index contributed by atoms with van der Waals surface area (Å²) in [7, 11) is -3.43. The Morgan fingerprint density at radius 2 is 1.81 bits per heavy atom. The number of nitrogens with zero attached hydrogens (tertiary/aromatic N) is 2. The number of thiophene rings is 1. The molecule has 1 saturated heterocycles. The Balaban J connectivity index is 2.21. The topological polar surface area (TPSA) is 40.6 Å². The van der Waals surface area contributed by atoms with E-state index >= 15 is 0 Å². The van der Waals surface area contributed by atoms with Crippen LogP contribution in [-0.4, -0.2) is 49.3 Å². The SMILES string of the molecule is Cc1csc(CCl)c1S(=O)(=O)N1CCN(C(C)(C)C)CC1. The van der Waals surface area contributed by atoms with Gasteiger partial charge in [-0.1, -0.05) is 0 Å². The van der Waals surface area contributed by atoms with Crippen LogP contribution in [-0.2, 0) is 15.9 Å². The number of piperazine rings is 1. The van der Waals surface area contributed by atoms with E-state index in [4.69, 9.17) is 11.6 Å². The fraction of sp³-hybridized carbons (Fsp3) is 0.714. The summed E-state index contributed by atoms with van der Waals surface area (Å²) in [4.78, 5) is 3.49. The molecule has 120 valence electrons. The van der Waals surface area contributed by atoms with E-state index in [1.165, 1.54) is 11.3 Å². The number of sulfonamides is 1. The van der Waals surface area contributed by atoms with Gasteiger partial charge in [0.25, 0.3) is 0 Å². The molecule has 1 aromatic heterocycles. The summed E-state index contributed by atoms with van der Waals surface area (Å²) in [5.74, 6) is 0.245. The van der Waals surface area contributed by atoms with Crippen molar-refractivity contribution in [2.45, 2.75) is 44.0 Å². The van der Waals surface area contributed by atoms with Crippen molar-refractivity contribution in [2.75, 3.05) is 26.2 Å². The van der Waals surface area contributed by atoms with E-state index in [0.29, 0.717) is 18.0 Å². The number of alkyl halides is 1. The smallest absolute Gasteiger partial charge is 0.244 e. The van der Waals surface area contributed by atoms with Crippen LogP contribution in [0.3, 0.4) is 0 Å². The zero-order valence-corrected chi connectivity index (χ0v) is 15.4. The van der Waals surface area contributed by atoms with E-state index in [-0.39, 0.29) is 11.4 Å². The molecular weight excluding hydrogens is 328 g/mol. The highest BCUT2D eigenvalue weighted by Crippen LogP contribution is 2.31. The monoisotopic (exact) mass is 350 g/mol. The molecule has 0 spiro atoms. The molecule has 0 N–H and O–H groups in total. The lowest BCUT2D eigenvalue weighted by Gasteiger charge is -2.41. The molecular formula is C14H23ClN2O2S2. The van der Waals surface area contributed by atoms with Crippen LogP contribution in [0.15, 0.2) is 10.3 Å². The highest BCUT2D eigenvalue weighted by atomic mass is 35.5. The van der Waals surface area contributed by atoms with Gasteiger partial charge in [0.2, 0.25) is 10.0 Å². The standard InChI is InChI=1S/C14H23ClN2O2S2/c1-11-10-20-12(9-15)13(11)21(18,19)17-7-5-16(6-8-17)14(2,3)4/h10H,5-9H2,1-4H3. The van der Waals surface area contributed by atoms with Gasteiger partial charge in [-0.3, -0.25) is 4.90 Å².